The Morgan fingerprint density at radius 1 is 1.13 bits per heavy atom. The minimum absolute atomic E-state index is 0.910. The van der Waals surface area contributed by atoms with Gasteiger partial charge in [0.2, 0.25) is 7.42 Å². The number of rotatable bonds is 6. The van der Waals surface area contributed by atoms with E-state index in [0.29, 0.717) is 0 Å². The van der Waals surface area contributed by atoms with E-state index in [2.05, 4.69) is 12.1 Å². The van der Waals surface area contributed by atoms with E-state index in [9.17, 15) is 0 Å². The molecule has 0 aromatic heterocycles. The molecular formula is C11H16Cl2OSi. The number of aryl methyl sites for hydroxylation is 1. The van der Waals surface area contributed by atoms with Gasteiger partial charge in [0.25, 0.3) is 0 Å². The molecule has 15 heavy (non-hydrogen) atoms. The molecule has 0 aliphatic heterocycles. The fourth-order valence-electron chi connectivity index (χ4n) is 1.42. The largest absolute Gasteiger partial charge is 0.497 e. The van der Waals surface area contributed by atoms with Crippen molar-refractivity contribution in [3.63, 3.8) is 0 Å². The summed E-state index contributed by atoms with van der Waals surface area (Å²) in [7, 11) is 0.296. The molecule has 0 aliphatic carbocycles. The molecule has 0 saturated heterocycles. The lowest BCUT2D eigenvalue weighted by atomic mass is 10.1. The Morgan fingerprint density at radius 3 is 2.33 bits per heavy atom. The smallest absolute Gasteiger partial charge is 0.237 e. The molecule has 0 unspecified atom stereocenters. The Bertz CT molecular complexity index is 274. The zero-order valence-corrected chi connectivity index (χ0v) is 11.5. The number of ether oxygens (including phenoxy) is 1. The summed E-state index contributed by atoms with van der Waals surface area (Å²) in [6.07, 6.45) is 3.39. The summed E-state index contributed by atoms with van der Waals surface area (Å²) in [6.45, 7) is 0. The van der Waals surface area contributed by atoms with E-state index < -0.39 is 7.42 Å². The number of methoxy groups -OCH3 is 1. The number of halogens is 2. The second-order valence-electron chi connectivity index (χ2n) is 3.48. The Kier molecular flexibility index (Phi) is 6.14. The lowest BCUT2D eigenvalue weighted by Crippen LogP contribution is -1.93. The van der Waals surface area contributed by atoms with Crippen LogP contribution in [0, 0.1) is 0 Å². The third kappa shape index (κ3) is 5.45. The van der Waals surface area contributed by atoms with Crippen molar-refractivity contribution in [1.29, 1.82) is 0 Å². The molecule has 0 heterocycles. The van der Waals surface area contributed by atoms with Crippen LogP contribution in [0.1, 0.15) is 18.4 Å². The zero-order chi connectivity index (χ0) is 11.1. The normalized spacial score (nSPS) is 10.7. The molecule has 0 N–H and O–H groups in total. The van der Waals surface area contributed by atoms with E-state index in [0.717, 1.165) is 31.1 Å². The summed E-state index contributed by atoms with van der Waals surface area (Å²) in [5.41, 5.74) is 1.35. The van der Waals surface area contributed by atoms with Gasteiger partial charge in [-0.2, -0.15) is 22.2 Å². The predicted molar refractivity (Wildman–Crippen MR) is 69.6 cm³/mol. The number of hydrogen-bond donors (Lipinski definition) is 0. The molecule has 0 atom stereocenters. The summed E-state index contributed by atoms with van der Waals surface area (Å²) in [6, 6.07) is 9.22. The summed E-state index contributed by atoms with van der Waals surface area (Å²) in [5, 5.41) is 0. The van der Waals surface area contributed by atoms with Gasteiger partial charge in [0, 0.05) is 0 Å². The van der Waals surface area contributed by atoms with Crippen LogP contribution in [-0.4, -0.2) is 14.5 Å². The average molecular weight is 263 g/mol. The molecule has 0 spiro atoms. The van der Waals surface area contributed by atoms with Crippen LogP contribution >= 0.6 is 22.2 Å². The number of hydrogen-bond acceptors (Lipinski definition) is 1. The van der Waals surface area contributed by atoms with E-state index >= 15 is 0 Å². The van der Waals surface area contributed by atoms with Gasteiger partial charge >= 0.3 is 0 Å². The fourth-order valence-corrected chi connectivity index (χ4v) is 2.94. The van der Waals surface area contributed by atoms with Gasteiger partial charge in [-0.1, -0.05) is 18.6 Å². The van der Waals surface area contributed by atoms with Crippen LogP contribution in [0.15, 0.2) is 24.3 Å². The monoisotopic (exact) mass is 262 g/mol. The Labute approximate surface area is 102 Å². The third-order valence-corrected chi connectivity index (χ3v) is 4.45. The number of benzene rings is 1. The van der Waals surface area contributed by atoms with Crippen LogP contribution in [0.25, 0.3) is 0 Å². The van der Waals surface area contributed by atoms with Crippen LogP contribution in [0.3, 0.4) is 0 Å². The van der Waals surface area contributed by atoms with Crippen LogP contribution in [0.5, 0.6) is 5.75 Å². The van der Waals surface area contributed by atoms with Gasteiger partial charge in [0.05, 0.1) is 7.11 Å². The zero-order valence-electron chi connectivity index (χ0n) is 8.88. The van der Waals surface area contributed by atoms with Gasteiger partial charge in [-0.05, 0) is 36.6 Å². The van der Waals surface area contributed by atoms with Gasteiger partial charge < -0.3 is 4.74 Å². The Morgan fingerprint density at radius 2 is 1.80 bits per heavy atom. The maximum absolute atomic E-state index is 5.79. The first kappa shape index (κ1) is 12.9. The average Bonchev–Trinajstić information content (AvgIpc) is 2.25. The maximum atomic E-state index is 5.79. The summed E-state index contributed by atoms with van der Waals surface area (Å²) in [4.78, 5) is 0. The molecule has 0 aliphatic rings. The van der Waals surface area contributed by atoms with E-state index in [4.69, 9.17) is 26.9 Å². The fraction of sp³-hybridized carbons (Fsp3) is 0.455. The van der Waals surface area contributed by atoms with Crippen molar-refractivity contribution in [2.24, 2.45) is 0 Å². The van der Waals surface area contributed by atoms with Crippen molar-refractivity contribution >= 4 is 29.6 Å². The summed E-state index contributed by atoms with van der Waals surface area (Å²) in [5.74, 6) is 0.910. The molecule has 0 fully saturated rings. The topological polar surface area (TPSA) is 9.23 Å². The van der Waals surface area contributed by atoms with Gasteiger partial charge in [-0.15, -0.1) is 0 Å². The molecule has 1 aromatic rings. The maximum Gasteiger partial charge on any atom is 0.237 e. The van der Waals surface area contributed by atoms with Crippen LogP contribution in [0.4, 0.5) is 0 Å². The van der Waals surface area contributed by atoms with Crippen LogP contribution < -0.4 is 4.74 Å². The Balaban J connectivity index is 2.25. The van der Waals surface area contributed by atoms with Crippen LogP contribution in [-0.2, 0) is 6.42 Å². The predicted octanol–water partition coefficient (Wildman–Crippen LogP) is 3.72. The third-order valence-electron chi connectivity index (χ3n) is 2.30. The molecule has 0 bridgehead atoms. The molecular weight excluding hydrogens is 247 g/mol. The van der Waals surface area contributed by atoms with Gasteiger partial charge in [-0.25, -0.2) is 0 Å². The van der Waals surface area contributed by atoms with Crippen molar-refractivity contribution in [1.82, 2.24) is 0 Å². The standard InChI is InChI=1S/C11H16Cl2OSi/c1-14-11-7-5-10(6-8-11)4-2-3-9-15(12)13/h5-8,15H,2-4,9H2,1H3. The molecule has 1 rings (SSSR count). The summed E-state index contributed by atoms with van der Waals surface area (Å²) < 4.78 is 5.10. The molecule has 4 heteroatoms. The van der Waals surface area contributed by atoms with Gasteiger partial charge in [0.1, 0.15) is 5.75 Å². The molecule has 0 radical (unpaired) electrons. The highest BCUT2D eigenvalue weighted by Crippen LogP contribution is 2.15. The van der Waals surface area contributed by atoms with E-state index in [1.165, 1.54) is 5.56 Å². The first-order valence-corrected chi connectivity index (χ1v) is 9.44. The molecule has 84 valence electrons. The first-order chi connectivity index (χ1) is 7.22. The second kappa shape index (κ2) is 7.15. The van der Waals surface area contributed by atoms with Gasteiger partial charge in [-0.3, -0.25) is 0 Å². The molecule has 0 saturated carbocycles. The summed E-state index contributed by atoms with van der Waals surface area (Å²) >= 11 is 11.6. The lowest BCUT2D eigenvalue weighted by Gasteiger charge is -2.03. The quantitative estimate of drug-likeness (QED) is 0.432. The van der Waals surface area contributed by atoms with Crippen molar-refractivity contribution in [2.75, 3.05) is 7.11 Å². The molecule has 1 nitrogen and oxygen atoms in total. The van der Waals surface area contributed by atoms with E-state index in [1.807, 2.05) is 12.1 Å². The van der Waals surface area contributed by atoms with Crippen LogP contribution in [0.2, 0.25) is 6.04 Å². The highest BCUT2D eigenvalue weighted by Gasteiger charge is 2.01. The van der Waals surface area contributed by atoms with Crippen molar-refractivity contribution in [3.8, 4) is 5.75 Å². The Hall–Kier alpha value is -0.183. The minimum atomic E-state index is -1.38. The highest BCUT2D eigenvalue weighted by molar-refractivity contribution is 7.33. The minimum Gasteiger partial charge on any atom is -0.497 e. The lowest BCUT2D eigenvalue weighted by molar-refractivity contribution is 0.414. The van der Waals surface area contributed by atoms with E-state index in [1.54, 1.807) is 7.11 Å². The van der Waals surface area contributed by atoms with E-state index in [-0.39, 0.29) is 0 Å². The van der Waals surface area contributed by atoms with Crippen molar-refractivity contribution in [2.45, 2.75) is 25.3 Å². The molecule has 0 amide bonds. The van der Waals surface area contributed by atoms with Gasteiger partial charge in [0.15, 0.2) is 0 Å². The second-order valence-corrected chi connectivity index (χ2v) is 8.68. The van der Waals surface area contributed by atoms with Crippen molar-refractivity contribution < 1.29 is 4.74 Å². The first-order valence-electron chi connectivity index (χ1n) is 5.13. The van der Waals surface area contributed by atoms with Crippen molar-refractivity contribution in [3.05, 3.63) is 29.8 Å². The SMILES string of the molecule is COc1ccc(CCCC[SiH](Cl)Cl)cc1. The number of unbranched alkanes of at least 4 members (excludes halogenated alkanes) is 1. The molecule has 1 aromatic carbocycles. The highest BCUT2D eigenvalue weighted by atomic mass is 35.7.